The third-order valence-corrected chi connectivity index (χ3v) is 3.20. The van der Waals surface area contributed by atoms with Gasteiger partial charge in [0.05, 0.1) is 12.6 Å². The maximum absolute atomic E-state index is 9.72. The van der Waals surface area contributed by atoms with Gasteiger partial charge in [-0.15, -0.1) is 10.2 Å². The molecule has 0 amide bonds. The highest BCUT2D eigenvalue weighted by Gasteiger charge is 2.21. The average molecular weight is 229 g/mol. The van der Waals surface area contributed by atoms with Gasteiger partial charge in [0.15, 0.2) is 5.82 Å². The molecule has 0 aliphatic carbocycles. The summed E-state index contributed by atoms with van der Waals surface area (Å²) >= 11 is 0. The molecule has 1 N–H and O–H groups in total. The molecule has 1 atom stereocenters. The van der Waals surface area contributed by atoms with Crippen LogP contribution in [0, 0.1) is 6.92 Å². The highest BCUT2D eigenvalue weighted by Crippen LogP contribution is 2.23. The molecule has 4 heteroatoms. The van der Waals surface area contributed by atoms with Crippen LogP contribution in [-0.4, -0.2) is 26.0 Å². The average Bonchev–Trinajstić information content (AvgIpc) is 2.71. The van der Waals surface area contributed by atoms with Crippen LogP contribution in [0.5, 0.6) is 0 Å². The van der Waals surface area contributed by atoms with Gasteiger partial charge in [-0.25, -0.2) is 0 Å². The van der Waals surface area contributed by atoms with Crippen LogP contribution in [0.15, 0.2) is 24.3 Å². The first kappa shape index (κ1) is 10.5. The van der Waals surface area contributed by atoms with Crippen LogP contribution < -0.4 is 0 Å². The Morgan fingerprint density at radius 1 is 1.35 bits per heavy atom. The Morgan fingerprint density at radius 2 is 2.24 bits per heavy atom. The summed E-state index contributed by atoms with van der Waals surface area (Å²) < 4.78 is 2.03. The van der Waals surface area contributed by atoms with Gasteiger partial charge in [-0.2, -0.15) is 0 Å². The number of rotatable bonds is 1. The van der Waals surface area contributed by atoms with Crippen molar-refractivity contribution in [2.24, 2.45) is 0 Å². The molecule has 88 valence electrons. The second-order valence-corrected chi connectivity index (χ2v) is 4.61. The zero-order valence-corrected chi connectivity index (χ0v) is 9.80. The molecule has 1 unspecified atom stereocenters. The Labute approximate surface area is 99.9 Å². The Balaban J connectivity index is 2.07. The highest BCUT2D eigenvalue weighted by molar-refractivity contribution is 5.56. The van der Waals surface area contributed by atoms with Crippen molar-refractivity contribution in [2.45, 2.75) is 32.4 Å². The summed E-state index contributed by atoms with van der Waals surface area (Å²) in [6, 6.07) is 8.21. The van der Waals surface area contributed by atoms with E-state index in [1.54, 1.807) is 0 Å². The lowest BCUT2D eigenvalue weighted by Crippen LogP contribution is -2.24. The van der Waals surface area contributed by atoms with Crippen molar-refractivity contribution >= 4 is 0 Å². The summed E-state index contributed by atoms with van der Waals surface area (Å²) in [5, 5.41) is 18.2. The minimum Gasteiger partial charge on any atom is -0.391 e. The molecule has 0 bridgehead atoms. The van der Waals surface area contributed by atoms with Crippen LogP contribution in [0.25, 0.3) is 11.4 Å². The first-order valence-corrected chi connectivity index (χ1v) is 5.91. The Kier molecular flexibility index (Phi) is 2.44. The molecule has 0 fully saturated rings. The Morgan fingerprint density at radius 3 is 3.06 bits per heavy atom. The number of aromatic nitrogens is 3. The molecule has 0 saturated heterocycles. The molecule has 2 aromatic rings. The third-order valence-electron chi connectivity index (χ3n) is 3.20. The number of aliphatic hydroxyl groups excluding tert-OH is 1. The monoisotopic (exact) mass is 229 g/mol. The van der Waals surface area contributed by atoms with Gasteiger partial charge in [-0.3, -0.25) is 0 Å². The summed E-state index contributed by atoms with van der Waals surface area (Å²) in [5.74, 6) is 1.84. The quantitative estimate of drug-likeness (QED) is 0.807. The van der Waals surface area contributed by atoms with E-state index in [-0.39, 0.29) is 6.10 Å². The minimum absolute atomic E-state index is 0.276. The Bertz CT molecular complexity index is 547. The number of fused-ring (bicyclic) bond motifs is 1. The van der Waals surface area contributed by atoms with E-state index in [2.05, 4.69) is 29.3 Å². The molecule has 4 nitrogen and oxygen atoms in total. The number of benzene rings is 1. The van der Waals surface area contributed by atoms with Crippen molar-refractivity contribution in [3.63, 3.8) is 0 Å². The van der Waals surface area contributed by atoms with E-state index in [1.165, 1.54) is 5.56 Å². The minimum atomic E-state index is -0.276. The molecular weight excluding hydrogens is 214 g/mol. The van der Waals surface area contributed by atoms with Gasteiger partial charge in [0, 0.05) is 12.0 Å². The maximum Gasteiger partial charge on any atom is 0.164 e. The number of aryl methyl sites for hydroxylation is 2. The van der Waals surface area contributed by atoms with E-state index in [0.29, 0.717) is 6.54 Å². The van der Waals surface area contributed by atoms with Crippen molar-refractivity contribution in [1.29, 1.82) is 0 Å². The van der Waals surface area contributed by atoms with Crippen LogP contribution in [0.4, 0.5) is 0 Å². The molecule has 1 aliphatic rings. The molecule has 1 aromatic heterocycles. The normalized spacial score (nSPS) is 19.1. The second-order valence-electron chi connectivity index (χ2n) is 4.61. The van der Waals surface area contributed by atoms with Gasteiger partial charge in [0.25, 0.3) is 0 Å². The van der Waals surface area contributed by atoms with Gasteiger partial charge >= 0.3 is 0 Å². The van der Waals surface area contributed by atoms with Gasteiger partial charge in [0.1, 0.15) is 5.82 Å². The van der Waals surface area contributed by atoms with Crippen LogP contribution in [0.1, 0.15) is 17.8 Å². The Hall–Kier alpha value is -1.68. The number of hydrogen-bond donors (Lipinski definition) is 1. The molecule has 1 aromatic carbocycles. The zero-order chi connectivity index (χ0) is 11.8. The van der Waals surface area contributed by atoms with E-state index in [9.17, 15) is 5.11 Å². The number of aliphatic hydroxyl groups is 1. The molecule has 0 saturated carbocycles. The molecule has 1 aliphatic heterocycles. The van der Waals surface area contributed by atoms with Gasteiger partial charge in [-0.1, -0.05) is 23.8 Å². The molecular formula is C13H15N3O. The van der Waals surface area contributed by atoms with E-state index < -0.39 is 0 Å². The standard InChI is InChI=1S/C13H15N3O/c1-9-3-2-4-10(7-9)13-15-14-12-6-5-11(17)8-16(12)13/h2-4,7,11,17H,5-6,8H2,1H3. The van der Waals surface area contributed by atoms with Crippen LogP contribution in [0.3, 0.4) is 0 Å². The molecule has 3 rings (SSSR count). The fraction of sp³-hybridized carbons (Fsp3) is 0.385. The van der Waals surface area contributed by atoms with Crippen molar-refractivity contribution < 1.29 is 5.11 Å². The van der Waals surface area contributed by atoms with Crippen LogP contribution in [-0.2, 0) is 13.0 Å². The smallest absolute Gasteiger partial charge is 0.164 e. The SMILES string of the molecule is Cc1cccc(-c2nnc3n2CC(O)CC3)c1. The van der Waals surface area contributed by atoms with Gasteiger partial charge < -0.3 is 9.67 Å². The molecule has 0 spiro atoms. The molecule has 2 heterocycles. The van der Waals surface area contributed by atoms with Crippen LogP contribution >= 0.6 is 0 Å². The number of hydrogen-bond acceptors (Lipinski definition) is 3. The van der Waals surface area contributed by atoms with Gasteiger partial charge in [0.2, 0.25) is 0 Å². The summed E-state index contributed by atoms with van der Waals surface area (Å²) in [7, 11) is 0. The first-order chi connectivity index (χ1) is 8.24. The summed E-state index contributed by atoms with van der Waals surface area (Å²) in [6.45, 7) is 2.66. The summed E-state index contributed by atoms with van der Waals surface area (Å²) in [4.78, 5) is 0. The summed E-state index contributed by atoms with van der Waals surface area (Å²) in [6.07, 6.45) is 1.31. The van der Waals surface area contributed by atoms with Crippen molar-refractivity contribution in [1.82, 2.24) is 14.8 Å². The molecule has 0 radical (unpaired) electrons. The van der Waals surface area contributed by atoms with E-state index in [4.69, 9.17) is 0 Å². The third kappa shape index (κ3) is 1.85. The predicted molar refractivity (Wildman–Crippen MR) is 64.5 cm³/mol. The highest BCUT2D eigenvalue weighted by atomic mass is 16.3. The van der Waals surface area contributed by atoms with Gasteiger partial charge in [-0.05, 0) is 19.4 Å². The lowest BCUT2D eigenvalue weighted by atomic mass is 10.1. The van der Waals surface area contributed by atoms with Crippen molar-refractivity contribution in [3.8, 4) is 11.4 Å². The maximum atomic E-state index is 9.72. The fourth-order valence-corrected chi connectivity index (χ4v) is 2.31. The van der Waals surface area contributed by atoms with E-state index in [0.717, 1.165) is 30.1 Å². The van der Waals surface area contributed by atoms with E-state index in [1.807, 2.05) is 16.7 Å². The lowest BCUT2D eigenvalue weighted by Gasteiger charge is -2.20. The fourth-order valence-electron chi connectivity index (χ4n) is 2.31. The largest absolute Gasteiger partial charge is 0.391 e. The van der Waals surface area contributed by atoms with Crippen LogP contribution in [0.2, 0.25) is 0 Å². The molecule has 17 heavy (non-hydrogen) atoms. The lowest BCUT2D eigenvalue weighted by molar-refractivity contribution is 0.131. The zero-order valence-electron chi connectivity index (χ0n) is 9.80. The number of nitrogens with zero attached hydrogens (tertiary/aromatic N) is 3. The second kappa shape index (κ2) is 3.96. The van der Waals surface area contributed by atoms with Crippen molar-refractivity contribution in [2.75, 3.05) is 0 Å². The topological polar surface area (TPSA) is 50.9 Å². The first-order valence-electron chi connectivity index (χ1n) is 5.91. The van der Waals surface area contributed by atoms with Crippen molar-refractivity contribution in [3.05, 3.63) is 35.7 Å². The predicted octanol–water partition coefficient (Wildman–Crippen LogP) is 1.56. The van der Waals surface area contributed by atoms with E-state index >= 15 is 0 Å². The summed E-state index contributed by atoms with van der Waals surface area (Å²) in [5.41, 5.74) is 2.27.